The second kappa shape index (κ2) is 10.5. The van der Waals surface area contributed by atoms with Crippen LogP contribution < -0.4 is 10.1 Å². The maximum absolute atomic E-state index is 6.09. The molecule has 0 atom stereocenters. The minimum Gasteiger partial charge on any atom is -0.492 e. The minimum absolute atomic E-state index is 0.664. The van der Waals surface area contributed by atoms with Gasteiger partial charge in [-0.3, -0.25) is 0 Å². The van der Waals surface area contributed by atoms with E-state index in [4.69, 9.17) is 16.3 Å². The van der Waals surface area contributed by atoms with Gasteiger partial charge in [-0.05, 0) is 50.0 Å². The number of rotatable bonds is 10. The van der Waals surface area contributed by atoms with E-state index >= 15 is 0 Å². The van der Waals surface area contributed by atoms with Crippen LogP contribution in [-0.4, -0.2) is 19.7 Å². The molecule has 0 fully saturated rings. The van der Waals surface area contributed by atoms with E-state index in [1.54, 1.807) is 0 Å². The molecule has 4 heteroatoms. The Hall–Kier alpha value is -0.250. The monoisotopic (exact) mass is 361 g/mol. The van der Waals surface area contributed by atoms with Crippen LogP contribution in [0.2, 0.25) is 5.02 Å². The molecule has 0 aliphatic rings. The Bertz CT molecular complexity index is 385. The van der Waals surface area contributed by atoms with Gasteiger partial charge in [0.15, 0.2) is 0 Å². The molecule has 0 heterocycles. The Balaban J connectivity index is 1.99. The Morgan fingerprint density at radius 3 is 2.65 bits per heavy atom. The summed E-state index contributed by atoms with van der Waals surface area (Å²) in [4.78, 5) is 0. The first-order chi connectivity index (χ1) is 9.59. The van der Waals surface area contributed by atoms with Crippen LogP contribution in [0, 0.1) is 5.92 Å². The molecule has 0 saturated heterocycles. The number of ether oxygens (including phenoxy) is 1. The van der Waals surface area contributed by atoms with Crippen LogP contribution in [-0.2, 0) is 0 Å². The van der Waals surface area contributed by atoms with Crippen molar-refractivity contribution in [1.82, 2.24) is 5.32 Å². The first-order valence-electron chi connectivity index (χ1n) is 7.38. The summed E-state index contributed by atoms with van der Waals surface area (Å²) < 4.78 is 6.66. The van der Waals surface area contributed by atoms with Gasteiger partial charge >= 0.3 is 0 Å². The first-order valence-corrected chi connectivity index (χ1v) is 8.55. The summed E-state index contributed by atoms with van der Waals surface area (Å²) in [6.07, 6.45) is 4.78. The molecule has 1 rings (SSSR count). The molecule has 1 aromatic rings. The lowest BCUT2D eigenvalue weighted by Gasteiger charge is -2.09. The van der Waals surface area contributed by atoms with Gasteiger partial charge in [0.25, 0.3) is 0 Å². The Kier molecular flexibility index (Phi) is 9.32. The maximum Gasteiger partial charge on any atom is 0.137 e. The molecule has 0 amide bonds. The van der Waals surface area contributed by atoms with Crippen molar-refractivity contribution in [3.05, 3.63) is 27.7 Å². The van der Waals surface area contributed by atoms with E-state index in [1.807, 2.05) is 18.2 Å². The summed E-state index contributed by atoms with van der Waals surface area (Å²) in [6.45, 7) is 7.44. The molecule has 0 aliphatic heterocycles. The van der Waals surface area contributed by atoms with Crippen molar-refractivity contribution in [2.24, 2.45) is 5.92 Å². The third-order valence-electron chi connectivity index (χ3n) is 2.95. The van der Waals surface area contributed by atoms with Gasteiger partial charge in [-0.1, -0.05) is 54.2 Å². The number of unbranched alkanes of at least 4 members (excludes halogenated alkanes) is 3. The van der Waals surface area contributed by atoms with E-state index in [2.05, 4.69) is 35.1 Å². The second-order valence-corrected chi connectivity index (χ2v) is 6.76. The van der Waals surface area contributed by atoms with Crippen molar-refractivity contribution < 1.29 is 4.74 Å². The summed E-state index contributed by atoms with van der Waals surface area (Å²) in [5, 5.41) is 4.13. The third-order valence-corrected chi connectivity index (χ3v) is 3.74. The summed E-state index contributed by atoms with van der Waals surface area (Å²) in [5.74, 6) is 1.51. The molecule has 20 heavy (non-hydrogen) atoms. The van der Waals surface area contributed by atoms with Crippen molar-refractivity contribution in [2.45, 2.75) is 39.5 Å². The molecule has 1 aromatic carbocycles. The van der Waals surface area contributed by atoms with Crippen molar-refractivity contribution in [3.8, 4) is 5.75 Å². The van der Waals surface area contributed by atoms with Crippen molar-refractivity contribution in [2.75, 3.05) is 19.7 Å². The number of nitrogens with one attached hydrogen (secondary N) is 1. The largest absolute Gasteiger partial charge is 0.492 e. The fourth-order valence-electron chi connectivity index (χ4n) is 1.87. The predicted molar refractivity (Wildman–Crippen MR) is 90.8 cm³/mol. The van der Waals surface area contributed by atoms with Crippen LogP contribution in [0.1, 0.15) is 39.5 Å². The molecule has 0 saturated carbocycles. The zero-order valence-corrected chi connectivity index (χ0v) is 14.8. The quantitative estimate of drug-likeness (QED) is 0.571. The van der Waals surface area contributed by atoms with Gasteiger partial charge in [-0.2, -0.15) is 0 Å². The minimum atomic E-state index is 0.664. The molecule has 0 aliphatic carbocycles. The van der Waals surface area contributed by atoms with Gasteiger partial charge in [0.2, 0.25) is 0 Å². The molecular formula is C16H25BrClNO. The van der Waals surface area contributed by atoms with E-state index in [9.17, 15) is 0 Å². The highest BCUT2D eigenvalue weighted by molar-refractivity contribution is 9.10. The lowest BCUT2D eigenvalue weighted by Crippen LogP contribution is -2.20. The van der Waals surface area contributed by atoms with Gasteiger partial charge in [0, 0.05) is 4.47 Å². The average Bonchev–Trinajstić information content (AvgIpc) is 2.38. The summed E-state index contributed by atoms with van der Waals surface area (Å²) in [7, 11) is 0. The molecule has 0 aromatic heterocycles. The zero-order chi connectivity index (χ0) is 14.8. The molecule has 2 nitrogen and oxygen atoms in total. The second-order valence-electron chi connectivity index (χ2n) is 5.44. The van der Waals surface area contributed by atoms with Gasteiger partial charge in [-0.25, -0.2) is 0 Å². The molecule has 0 bridgehead atoms. The summed E-state index contributed by atoms with van der Waals surface area (Å²) >= 11 is 9.47. The molecule has 0 spiro atoms. The van der Waals surface area contributed by atoms with Crippen LogP contribution in [0.5, 0.6) is 5.75 Å². The molecule has 0 unspecified atom stereocenters. The highest BCUT2D eigenvalue weighted by Gasteiger charge is 2.01. The van der Waals surface area contributed by atoms with E-state index in [1.165, 1.54) is 19.3 Å². The van der Waals surface area contributed by atoms with E-state index < -0.39 is 0 Å². The molecule has 114 valence electrons. The highest BCUT2D eigenvalue weighted by Crippen LogP contribution is 2.27. The van der Waals surface area contributed by atoms with Crippen LogP contribution in [0.25, 0.3) is 0 Å². The highest BCUT2D eigenvalue weighted by atomic mass is 79.9. The van der Waals surface area contributed by atoms with Gasteiger partial charge in [0.1, 0.15) is 5.75 Å². The fourth-order valence-corrected chi connectivity index (χ4v) is 2.60. The van der Waals surface area contributed by atoms with Crippen molar-refractivity contribution in [1.29, 1.82) is 0 Å². The fraction of sp³-hybridized carbons (Fsp3) is 0.625. The lowest BCUT2D eigenvalue weighted by molar-refractivity contribution is 0.304. The van der Waals surface area contributed by atoms with Gasteiger partial charge in [-0.15, -0.1) is 0 Å². The Morgan fingerprint density at radius 1 is 1.20 bits per heavy atom. The number of hydrogen-bond donors (Lipinski definition) is 1. The van der Waals surface area contributed by atoms with Crippen LogP contribution in [0.4, 0.5) is 0 Å². The van der Waals surface area contributed by atoms with Crippen molar-refractivity contribution >= 4 is 27.5 Å². The van der Waals surface area contributed by atoms with Gasteiger partial charge < -0.3 is 10.1 Å². The van der Waals surface area contributed by atoms with E-state index in [0.29, 0.717) is 5.02 Å². The van der Waals surface area contributed by atoms with E-state index in [0.717, 1.165) is 42.3 Å². The molecular weight excluding hydrogens is 338 g/mol. The maximum atomic E-state index is 6.09. The van der Waals surface area contributed by atoms with Crippen LogP contribution in [0.3, 0.4) is 0 Å². The molecule has 0 radical (unpaired) electrons. The first kappa shape index (κ1) is 17.8. The SMILES string of the molecule is CC(C)CNCCCCCCOc1ccc(Br)cc1Cl. The lowest BCUT2D eigenvalue weighted by atomic mass is 10.2. The normalized spacial score (nSPS) is 11.1. The topological polar surface area (TPSA) is 21.3 Å². The Morgan fingerprint density at radius 2 is 1.95 bits per heavy atom. The zero-order valence-electron chi connectivity index (χ0n) is 12.4. The number of benzene rings is 1. The number of hydrogen-bond acceptors (Lipinski definition) is 2. The van der Waals surface area contributed by atoms with E-state index in [-0.39, 0.29) is 0 Å². The smallest absolute Gasteiger partial charge is 0.137 e. The number of halogens is 2. The van der Waals surface area contributed by atoms with Crippen LogP contribution >= 0.6 is 27.5 Å². The van der Waals surface area contributed by atoms with Crippen LogP contribution in [0.15, 0.2) is 22.7 Å². The summed E-state index contributed by atoms with van der Waals surface area (Å²) in [6, 6.07) is 5.71. The predicted octanol–water partition coefficient (Wildman–Crippen LogP) is 5.29. The van der Waals surface area contributed by atoms with Crippen molar-refractivity contribution in [3.63, 3.8) is 0 Å². The average molecular weight is 363 g/mol. The third kappa shape index (κ3) is 8.13. The Labute approximate surface area is 136 Å². The molecule has 1 N–H and O–H groups in total. The summed E-state index contributed by atoms with van der Waals surface area (Å²) in [5.41, 5.74) is 0. The van der Waals surface area contributed by atoms with Gasteiger partial charge in [0.05, 0.1) is 11.6 Å². The standard InChI is InChI=1S/C16H25BrClNO/c1-13(2)12-19-9-5-3-4-6-10-20-16-8-7-14(17)11-15(16)18/h7-8,11,13,19H,3-6,9-10,12H2,1-2H3.